The molecule has 1 N–H and O–H groups in total. The summed E-state index contributed by atoms with van der Waals surface area (Å²) in [7, 11) is 1.87. The van der Waals surface area contributed by atoms with E-state index in [1.54, 1.807) is 11.3 Å². The number of nitro benzene ring substituents is 1. The zero-order chi connectivity index (χ0) is 24.4. The molecule has 0 aliphatic heterocycles. The molecule has 0 saturated heterocycles. The van der Waals surface area contributed by atoms with E-state index >= 15 is 0 Å². The van der Waals surface area contributed by atoms with Crippen LogP contribution in [0.5, 0.6) is 0 Å². The number of anilines is 1. The van der Waals surface area contributed by atoms with Crippen molar-refractivity contribution in [2.24, 2.45) is 7.05 Å². The summed E-state index contributed by atoms with van der Waals surface area (Å²) in [6.07, 6.45) is 0. The number of thiophene rings is 1. The van der Waals surface area contributed by atoms with Gasteiger partial charge in [0.2, 0.25) is 5.91 Å². The highest BCUT2D eigenvalue weighted by Crippen LogP contribution is 2.39. The average molecular weight is 514 g/mol. The highest BCUT2D eigenvalue weighted by molar-refractivity contribution is 7.99. The maximum Gasteiger partial charge on any atom is 0.289 e. The number of aryl methyl sites for hydroxylation is 2. The van der Waals surface area contributed by atoms with Gasteiger partial charge in [0, 0.05) is 40.2 Å². The van der Waals surface area contributed by atoms with Crippen molar-refractivity contribution in [3.05, 3.63) is 73.4 Å². The Hall–Kier alpha value is -3.21. The van der Waals surface area contributed by atoms with Gasteiger partial charge >= 0.3 is 0 Å². The van der Waals surface area contributed by atoms with Crippen molar-refractivity contribution < 1.29 is 9.72 Å². The van der Waals surface area contributed by atoms with Gasteiger partial charge in [-0.2, -0.15) is 0 Å². The molecule has 34 heavy (non-hydrogen) atoms. The molecular weight excluding hydrogens is 494 g/mol. The molecule has 8 nitrogen and oxygen atoms in total. The molecule has 0 aliphatic carbocycles. The highest BCUT2D eigenvalue weighted by Gasteiger charge is 2.20. The van der Waals surface area contributed by atoms with E-state index in [4.69, 9.17) is 11.6 Å². The smallest absolute Gasteiger partial charge is 0.289 e. The van der Waals surface area contributed by atoms with E-state index in [1.165, 1.54) is 40.4 Å². The molecule has 174 valence electrons. The monoisotopic (exact) mass is 513 g/mol. The zero-order valence-corrected chi connectivity index (χ0v) is 20.9. The van der Waals surface area contributed by atoms with Crippen LogP contribution in [0.15, 0.2) is 53.0 Å². The molecule has 4 rings (SSSR count). The van der Waals surface area contributed by atoms with Crippen LogP contribution in [0.2, 0.25) is 5.02 Å². The summed E-state index contributed by atoms with van der Waals surface area (Å²) in [5.74, 6) is 0.463. The maximum atomic E-state index is 12.4. The second kappa shape index (κ2) is 9.96. The second-order valence-electron chi connectivity index (χ2n) is 7.57. The van der Waals surface area contributed by atoms with Gasteiger partial charge in [0.05, 0.1) is 10.7 Å². The van der Waals surface area contributed by atoms with Gasteiger partial charge in [0.25, 0.3) is 5.69 Å². The minimum absolute atomic E-state index is 0.0117. The number of nitrogens with zero attached hydrogens (tertiary/aromatic N) is 4. The molecule has 0 saturated carbocycles. The number of rotatable bonds is 7. The van der Waals surface area contributed by atoms with Crippen molar-refractivity contribution in [2.75, 3.05) is 11.1 Å². The van der Waals surface area contributed by atoms with Crippen LogP contribution in [-0.4, -0.2) is 31.3 Å². The fourth-order valence-corrected chi connectivity index (χ4v) is 5.19. The lowest BCUT2D eigenvalue weighted by molar-refractivity contribution is -0.384. The first-order valence-corrected chi connectivity index (χ1v) is 12.4. The van der Waals surface area contributed by atoms with Crippen molar-refractivity contribution in [2.45, 2.75) is 19.0 Å². The van der Waals surface area contributed by atoms with Crippen LogP contribution >= 0.6 is 34.7 Å². The molecule has 0 spiro atoms. The van der Waals surface area contributed by atoms with Crippen LogP contribution < -0.4 is 5.32 Å². The number of aromatic nitrogens is 3. The SMILES string of the molecule is Cc1ccc(-c2c(-c3nnc(SCC(=O)Nc4ccc(Cl)c([N+](=O)[O-])c4)n3C)csc2C)cc1. The van der Waals surface area contributed by atoms with Gasteiger partial charge in [-0.15, -0.1) is 21.5 Å². The Morgan fingerprint density at radius 1 is 1.21 bits per heavy atom. The quantitative estimate of drug-likeness (QED) is 0.181. The molecule has 0 radical (unpaired) electrons. The summed E-state index contributed by atoms with van der Waals surface area (Å²) < 4.78 is 1.87. The van der Waals surface area contributed by atoms with Gasteiger partial charge in [-0.1, -0.05) is 53.2 Å². The van der Waals surface area contributed by atoms with E-state index in [0.29, 0.717) is 10.8 Å². The molecule has 0 atom stereocenters. The lowest BCUT2D eigenvalue weighted by Gasteiger charge is -2.08. The molecule has 0 bridgehead atoms. The third kappa shape index (κ3) is 4.98. The summed E-state index contributed by atoms with van der Waals surface area (Å²) in [4.78, 5) is 24.1. The topological polar surface area (TPSA) is 103 Å². The number of thioether (sulfide) groups is 1. The number of nitro groups is 1. The number of hydrogen-bond acceptors (Lipinski definition) is 7. The molecule has 0 fully saturated rings. The summed E-state index contributed by atoms with van der Waals surface area (Å²) in [5.41, 5.74) is 4.47. The highest BCUT2D eigenvalue weighted by atomic mass is 35.5. The van der Waals surface area contributed by atoms with Gasteiger partial charge in [0.1, 0.15) is 5.02 Å². The third-order valence-corrected chi connectivity index (χ3v) is 7.40. The Morgan fingerprint density at radius 3 is 2.65 bits per heavy atom. The molecule has 2 heterocycles. The van der Waals surface area contributed by atoms with Crippen molar-refractivity contribution in [3.8, 4) is 22.5 Å². The van der Waals surface area contributed by atoms with Crippen LogP contribution in [0.1, 0.15) is 10.4 Å². The molecule has 0 aliphatic rings. The Bertz CT molecular complexity index is 1380. The van der Waals surface area contributed by atoms with Crippen molar-refractivity contribution in [1.29, 1.82) is 0 Å². The van der Waals surface area contributed by atoms with Gasteiger partial charge in [0.15, 0.2) is 11.0 Å². The van der Waals surface area contributed by atoms with Crippen LogP contribution in [-0.2, 0) is 11.8 Å². The summed E-state index contributed by atoms with van der Waals surface area (Å²) >= 11 is 8.71. The Morgan fingerprint density at radius 2 is 1.94 bits per heavy atom. The number of benzene rings is 2. The molecule has 4 aromatic rings. The van der Waals surface area contributed by atoms with Crippen LogP contribution in [0, 0.1) is 24.0 Å². The van der Waals surface area contributed by atoms with E-state index in [2.05, 4.69) is 59.0 Å². The number of halogens is 1. The number of nitrogens with one attached hydrogen (secondary N) is 1. The first-order chi connectivity index (χ1) is 16.2. The predicted octanol–water partition coefficient (Wildman–Crippen LogP) is 6.12. The van der Waals surface area contributed by atoms with E-state index in [9.17, 15) is 14.9 Å². The third-order valence-electron chi connectivity index (χ3n) is 5.15. The number of carbonyl (C=O) groups is 1. The van der Waals surface area contributed by atoms with E-state index in [-0.39, 0.29) is 22.4 Å². The van der Waals surface area contributed by atoms with E-state index < -0.39 is 4.92 Å². The van der Waals surface area contributed by atoms with E-state index in [0.717, 1.165) is 22.5 Å². The molecule has 1 amide bonds. The summed E-state index contributed by atoms with van der Waals surface area (Å²) in [6, 6.07) is 12.5. The first-order valence-electron chi connectivity index (χ1n) is 10.2. The Labute approximate surface area is 209 Å². The van der Waals surface area contributed by atoms with Gasteiger partial charge in [-0.3, -0.25) is 14.9 Å². The van der Waals surface area contributed by atoms with Crippen molar-refractivity contribution >= 4 is 52.0 Å². The molecule has 11 heteroatoms. The van der Waals surface area contributed by atoms with Crippen LogP contribution in [0.25, 0.3) is 22.5 Å². The zero-order valence-electron chi connectivity index (χ0n) is 18.5. The van der Waals surface area contributed by atoms with E-state index in [1.807, 2.05) is 11.6 Å². The first kappa shape index (κ1) is 23.9. The maximum absolute atomic E-state index is 12.4. The second-order valence-corrected chi connectivity index (χ2v) is 10.0. The molecular formula is C23H20ClN5O3S2. The fourth-order valence-electron chi connectivity index (χ4n) is 3.43. The Balaban J connectivity index is 1.49. The van der Waals surface area contributed by atoms with Crippen molar-refractivity contribution in [3.63, 3.8) is 0 Å². The largest absolute Gasteiger partial charge is 0.325 e. The lowest BCUT2D eigenvalue weighted by atomic mass is 10.0. The summed E-state index contributed by atoms with van der Waals surface area (Å²) in [5, 5.41) is 25.0. The molecule has 2 aromatic heterocycles. The van der Waals surface area contributed by atoms with Gasteiger partial charge < -0.3 is 9.88 Å². The van der Waals surface area contributed by atoms with Crippen LogP contribution in [0.3, 0.4) is 0 Å². The number of carbonyl (C=O) groups excluding carboxylic acids is 1. The summed E-state index contributed by atoms with van der Waals surface area (Å²) in [6.45, 7) is 4.14. The molecule has 0 unspecified atom stereocenters. The predicted molar refractivity (Wildman–Crippen MR) is 137 cm³/mol. The number of hydrogen-bond donors (Lipinski definition) is 1. The van der Waals surface area contributed by atoms with Gasteiger partial charge in [-0.05, 0) is 31.5 Å². The normalized spacial score (nSPS) is 10.9. The Kier molecular flexibility index (Phi) is 7.01. The lowest BCUT2D eigenvalue weighted by Crippen LogP contribution is -2.14. The average Bonchev–Trinajstić information content (AvgIpc) is 3.36. The van der Waals surface area contributed by atoms with Crippen molar-refractivity contribution in [1.82, 2.24) is 14.8 Å². The minimum atomic E-state index is -0.592. The fraction of sp³-hybridized carbons (Fsp3) is 0.174. The standard InChI is InChI=1S/C23H20ClN5O3S2/c1-13-4-6-15(7-5-13)21-14(2)33-11-17(21)22-26-27-23(28(22)3)34-12-20(30)25-16-8-9-18(24)19(10-16)29(31)32/h4-11H,12H2,1-3H3,(H,25,30). The van der Waals surface area contributed by atoms with Gasteiger partial charge in [-0.25, -0.2) is 0 Å². The molecule has 2 aromatic carbocycles. The minimum Gasteiger partial charge on any atom is -0.325 e. The van der Waals surface area contributed by atoms with Crippen LogP contribution in [0.4, 0.5) is 11.4 Å². The number of amides is 1.